The van der Waals surface area contributed by atoms with E-state index >= 15 is 0 Å². The quantitative estimate of drug-likeness (QED) is 0.579. The molecule has 0 aliphatic carbocycles. The van der Waals surface area contributed by atoms with E-state index in [0.29, 0.717) is 23.6 Å². The molecular weight excluding hydrogens is 316 g/mol. The van der Waals surface area contributed by atoms with Crippen molar-refractivity contribution in [3.8, 4) is 11.1 Å². The number of Topliss-reactive ketones (excluding diaryl/α,β-unsaturated/α-hetero) is 1. The molecule has 4 rings (SSSR count). The zero-order chi connectivity index (χ0) is 17.6. The van der Waals surface area contributed by atoms with E-state index < -0.39 is 0 Å². The maximum Gasteiger partial charge on any atom is 0.180 e. The van der Waals surface area contributed by atoms with Crippen LogP contribution in [0.4, 0.5) is 5.82 Å². The van der Waals surface area contributed by atoms with Gasteiger partial charge in [0.2, 0.25) is 0 Å². The summed E-state index contributed by atoms with van der Waals surface area (Å²) in [5.41, 5.74) is 10.6. The Kier molecular flexibility index (Phi) is 3.42. The Labute approximate surface area is 143 Å². The summed E-state index contributed by atoms with van der Waals surface area (Å²) in [5, 5.41) is 5.21. The Morgan fingerprint density at radius 3 is 2.72 bits per heavy atom. The van der Waals surface area contributed by atoms with Gasteiger partial charge in [-0.25, -0.2) is 14.5 Å². The highest BCUT2D eigenvalue weighted by Crippen LogP contribution is 2.30. The monoisotopic (exact) mass is 332 g/mol. The first-order valence-corrected chi connectivity index (χ1v) is 7.96. The topological polar surface area (TPSA) is 99.1 Å². The van der Waals surface area contributed by atoms with Gasteiger partial charge < -0.3 is 5.73 Å². The molecule has 25 heavy (non-hydrogen) atoms. The molecule has 0 radical (unpaired) electrons. The van der Waals surface area contributed by atoms with Gasteiger partial charge in [0, 0.05) is 41.4 Å². The molecule has 0 bridgehead atoms. The molecule has 124 valence electrons. The molecule has 0 aromatic carbocycles. The lowest BCUT2D eigenvalue weighted by molar-refractivity contribution is 0.0983. The summed E-state index contributed by atoms with van der Waals surface area (Å²) in [6.45, 7) is 3.79. The SMILES string of the molecule is CCC(=O)c1cc(C)c(-c2cc3cnc(N)cc3n3ncnc23)cn1. The van der Waals surface area contributed by atoms with Crippen LogP contribution in [0.15, 0.2) is 36.9 Å². The molecule has 0 spiro atoms. The van der Waals surface area contributed by atoms with Gasteiger partial charge in [-0.3, -0.25) is 9.78 Å². The smallest absolute Gasteiger partial charge is 0.180 e. The van der Waals surface area contributed by atoms with Crippen molar-refractivity contribution in [2.45, 2.75) is 20.3 Å². The number of hydrogen-bond donors (Lipinski definition) is 1. The largest absolute Gasteiger partial charge is 0.384 e. The van der Waals surface area contributed by atoms with Crippen LogP contribution in [0.5, 0.6) is 0 Å². The van der Waals surface area contributed by atoms with Gasteiger partial charge >= 0.3 is 0 Å². The number of rotatable bonds is 3. The van der Waals surface area contributed by atoms with E-state index in [0.717, 1.165) is 27.6 Å². The molecule has 0 amide bonds. The fourth-order valence-electron chi connectivity index (χ4n) is 2.96. The predicted molar refractivity (Wildman–Crippen MR) is 95.3 cm³/mol. The Bertz CT molecular complexity index is 1130. The van der Waals surface area contributed by atoms with Gasteiger partial charge in [-0.15, -0.1) is 0 Å². The number of hydrogen-bond acceptors (Lipinski definition) is 6. The van der Waals surface area contributed by atoms with E-state index in [1.54, 1.807) is 23.0 Å². The van der Waals surface area contributed by atoms with Crippen molar-refractivity contribution in [3.63, 3.8) is 0 Å². The minimum atomic E-state index is 0.0282. The third-order valence-corrected chi connectivity index (χ3v) is 4.26. The summed E-state index contributed by atoms with van der Waals surface area (Å²) in [6, 6.07) is 5.59. The van der Waals surface area contributed by atoms with Crippen LogP contribution in [-0.2, 0) is 0 Å². The highest BCUT2D eigenvalue weighted by Gasteiger charge is 2.15. The van der Waals surface area contributed by atoms with Crippen LogP contribution in [0.1, 0.15) is 29.4 Å². The average Bonchev–Trinajstić information content (AvgIpc) is 3.11. The highest BCUT2D eigenvalue weighted by molar-refractivity contribution is 5.96. The molecule has 7 nitrogen and oxygen atoms in total. The van der Waals surface area contributed by atoms with Gasteiger partial charge in [-0.1, -0.05) is 6.92 Å². The lowest BCUT2D eigenvalue weighted by Gasteiger charge is -2.10. The molecule has 0 fully saturated rings. The van der Waals surface area contributed by atoms with E-state index in [4.69, 9.17) is 5.73 Å². The summed E-state index contributed by atoms with van der Waals surface area (Å²) in [5.74, 6) is 0.456. The zero-order valence-corrected chi connectivity index (χ0v) is 13.9. The predicted octanol–water partition coefficient (Wildman–Crippen LogP) is 2.82. The van der Waals surface area contributed by atoms with Crippen LogP contribution < -0.4 is 5.73 Å². The zero-order valence-electron chi connectivity index (χ0n) is 13.9. The van der Waals surface area contributed by atoms with Gasteiger partial charge in [0.15, 0.2) is 11.4 Å². The Morgan fingerprint density at radius 1 is 1.12 bits per heavy atom. The second-order valence-corrected chi connectivity index (χ2v) is 5.88. The molecule has 4 heterocycles. The molecule has 4 aromatic heterocycles. The van der Waals surface area contributed by atoms with Crippen molar-refractivity contribution >= 4 is 28.2 Å². The molecule has 0 saturated heterocycles. The van der Waals surface area contributed by atoms with Gasteiger partial charge in [0.05, 0.1) is 5.52 Å². The van der Waals surface area contributed by atoms with Crippen LogP contribution >= 0.6 is 0 Å². The maximum atomic E-state index is 11.9. The van der Waals surface area contributed by atoms with Crippen molar-refractivity contribution in [3.05, 3.63) is 48.2 Å². The number of nitrogen functional groups attached to an aromatic ring is 1. The number of aromatic nitrogens is 5. The normalized spacial score (nSPS) is 11.3. The van der Waals surface area contributed by atoms with Gasteiger partial charge in [0.25, 0.3) is 0 Å². The number of fused-ring (bicyclic) bond motifs is 3. The van der Waals surface area contributed by atoms with E-state index in [2.05, 4.69) is 20.1 Å². The maximum absolute atomic E-state index is 11.9. The Morgan fingerprint density at radius 2 is 1.96 bits per heavy atom. The summed E-state index contributed by atoms with van der Waals surface area (Å²) in [6.07, 6.45) is 5.38. The van der Waals surface area contributed by atoms with Crippen molar-refractivity contribution in [1.82, 2.24) is 24.6 Å². The van der Waals surface area contributed by atoms with Crippen molar-refractivity contribution < 1.29 is 4.79 Å². The lowest BCUT2D eigenvalue weighted by atomic mass is 10.0. The first-order chi connectivity index (χ1) is 12.1. The van der Waals surface area contributed by atoms with Crippen LogP contribution in [0.3, 0.4) is 0 Å². The van der Waals surface area contributed by atoms with E-state index in [1.165, 1.54) is 6.33 Å². The van der Waals surface area contributed by atoms with Crippen LogP contribution in [0.25, 0.3) is 27.7 Å². The van der Waals surface area contributed by atoms with Crippen LogP contribution in [-0.4, -0.2) is 30.3 Å². The molecule has 0 unspecified atom stereocenters. The number of nitrogens with zero attached hydrogens (tertiary/aromatic N) is 5. The van der Waals surface area contributed by atoms with Crippen molar-refractivity contribution in [2.75, 3.05) is 5.73 Å². The first-order valence-electron chi connectivity index (χ1n) is 7.96. The molecule has 4 aromatic rings. The van der Waals surface area contributed by atoms with E-state index in [-0.39, 0.29) is 5.78 Å². The molecule has 0 aliphatic heterocycles. The molecule has 0 aliphatic rings. The number of nitrogens with two attached hydrogens (primary N) is 1. The number of aryl methyl sites for hydroxylation is 1. The standard InChI is InChI=1S/C18H16N6O/c1-3-16(25)14-4-10(2)13(8-20-14)12-5-11-7-21-17(19)6-15(11)24-18(12)22-9-23-24/h4-9H,3H2,1-2H3,(H2,19,21). The van der Waals surface area contributed by atoms with Gasteiger partial charge in [0.1, 0.15) is 17.8 Å². The molecule has 0 saturated carbocycles. The van der Waals surface area contributed by atoms with Gasteiger partial charge in [-0.2, -0.15) is 5.10 Å². The highest BCUT2D eigenvalue weighted by atomic mass is 16.1. The molecule has 0 atom stereocenters. The summed E-state index contributed by atoms with van der Waals surface area (Å²) in [4.78, 5) is 24.8. The molecule has 7 heteroatoms. The van der Waals surface area contributed by atoms with E-state index in [1.807, 2.05) is 26.0 Å². The fraction of sp³-hybridized carbons (Fsp3) is 0.167. The van der Waals surface area contributed by atoms with Crippen LogP contribution in [0, 0.1) is 6.92 Å². The second-order valence-electron chi connectivity index (χ2n) is 5.88. The third kappa shape index (κ3) is 2.40. The number of carbonyl (C=O) groups is 1. The number of anilines is 1. The van der Waals surface area contributed by atoms with Crippen molar-refractivity contribution in [1.29, 1.82) is 0 Å². The number of carbonyl (C=O) groups excluding carboxylic acids is 1. The minimum Gasteiger partial charge on any atom is -0.384 e. The minimum absolute atomic E-state index is 0.0282. The molecule has 2 N–H and O–H groups in total. The van der Waals surface area contributed by atoms with Crippen molar-refractivity contribution in [2.24, 2.45) is 0 Å². The number of pyridine rings is 3. The Hall–Kier alpha value is -3.35. The molecular formula is C18H16N6O. The van der Waals surface area contributed by atoms with E-state index in [9.17, 15) is 4.79 Å². The summed E-state index contributed by atoms with van der Waals surface area (Å²) < 4.78 is 1.74. The summed E-state index contributed by atoms with van der Waals surface area (Å²) >= 11 is 0. The fourth-order valence-corrected chi connectivity index (χ4v) is 2.96. The lowest BCUT2D eigenvalue weighted by Crippen LogP contribution is -2.02. The average molecular weight is 332 g/mol. The third-order valence-electron chi connectivity index (χ3n) is 4.26. The second kappa shape index (κ2) is 5.62. The number of ketones is 1. The first kappa shape index (κ1) is 15.2. The summed E-state index contributed by atoms with van der Waals surface area (Å²) in [7, 11) is 0. The van der Waals surface area contributed by atoms with Crippen LogP contribution in [0.2, 0.25) is 0 Å². The van der Waals surface area contributed by atoms with Gasteiger partial charge in [-0.05, 0) is 24.6 Å². The Balaban J connectivity index is 1.99.